The van der Waals surface area contributed by atoms with Gasteiger partial charge in [0.25, 0.3) is 0 Å². The van der Waals surface area contributed by atoms with Crippen molar-refractivity contribution in [1.82, 2.24) is 0 Å². The molecule has 0 heterocycles. The van der Waals surface area contributed by atoms with Gasteiger partial charge in [0.15, 0.2) is 0 Å². The molecule has 0 unspecified atom stereocenters. The summed E-state index contributed by atoms with van der Waals surface area (Å²) in [5.41, 5.74) is -0.324. The second kappa shape index (κ2) is 4.33. The molecule has 0 amide bonds. The fourth-order valence-corrected chi connectivity index (χ4v) is 1.70. The van der Waals surface area contributed by atoms with Crippen molar-refractivity contribution in [3.05, 3.63) is 0 Å². The summed E-state index contributed by atoms with van der Waals surface area (Å²) >= 11 is 0. The molecule has 2 heteroatoms. The van der Waals surface area contributed by atoms with Crippen molar-refractivity contribution >= 4 is 5.97 Å². The minimum atomic E-state index is -0.324. The second-order valence-electron chi connectivity index (χ2n) is 5.28. The molecule has 0 bridgehead atoms. The van der Waals surface area contributed by atoms with Crippen LogP contribution < -0.4 is 0 Å². The van der Waals surface area contributed by atoms with Crippen LogP contribution >= 0.6 is 0 Å². The number of carbonyl (C=O) groups is 1. The predicted octanol–water partition coefficient (Wildman–Crippen LogP) is 3.15. The number of carbonyl (C=O) groups excluding carboxylic acids is 1. The van der Waals surface area contributed by atoms with Gasteiger partial charge in [-0.05, 0) is 39.5 Å². The van der Waals surface area contributed by atoms with Crippen LogP contribution in [0.15, 0.2) is 0 Å². The molecule has 0 N–H and O–H groups in total. The molecule has 2 nitrogen and oxygen atoms in total. The van der Waals surface area contributed by atoms with E-state index >= 15 is 0 Å². The van der Waals surface area contributed by atoms with Crippen molar-refractivity contribution in [3.63, 3.8) is 0 Å². The third-order valence-electron chi connectivity index (χ3n) is 2.56. The highest BCUT2D eigenvalue weighted by atomic mass is 16.6. The van der Waals surface area contributed by atoms with Crippen molar-refractivity contribution in [3.8, 4) is 0 Å². The lowest BCUT2D eigenvalue weighted by Gasteiger charge is -2.19. The fourth-order valence-electron chi connectivity index (χ4n) is 1.70. The summed E-state index contributed by atoms with van der Waals surface area (Å²) in [7, 11) is 0. The van der Waals surface area contributed by atoms with Gasteiger partial charge in [-0.2, -0.15) is 0 Å². The van der Waals surface area contributed by atoms with E-state index in [0.29, 0.717) is 5.92 Å². The molecule has 0 aromatic carbocycles. The average Bonchev–Trinajstić information content (AvgIpc) is 2.76. The van der Waals surface area contributed by atoms with Crippen LogP contribution in [0.2, 0.25) is 0 Å². The first-order chi connectivity index (χ1) is 6.44. The van der Waals surface area contributed by atoms with E-state index in [9.17, 15) is 4.79 Å². The topological polar surface area (TPSA) is 26.3 Å². The molecule has 0 aromatic heterocycles. The number of hydrogen-bond acceptors (Lipinski definition) is 2. The predicted molar refractivity (Wildman–Crippen MR) is 57.0 cm³/mol. The molecule has 0 radical (unpaired) electrons. The molecular weight excluding hydrogens is 176 g/mol. The lowest BCUT2D eigenvalue weighted by Crippen LogP contribution is -2.25. The average molecular weight is 198 g/mol. The molecule has 1 rings (SSSR count). The molecule has 1 aliphatic carbocycles. The van der Waals surface area contributed by atoms with E-state index in [1.54, 1.807) is 0 Å². The summed E-state index contributed by atoms with van der Waals surface area (Å²) in [4.78, 5) is 11.6. The van der Waals surface area contributed by atoms with Gasteiger partial charge in [-0.25, -0.2) is 0 Å². The molecular formula is C12H22O2. The zero-order valence-corrected chi connectivity index (χ0v) is 9.80. The Morgan fingerprint density at radius 2 is 2.07 bits per heavy atom. The smallest absolute Gasteiger partial charge is 0.309 e. The first-order valence-corrected chi connectivity index (χ1v) is 5.67. The van der Waals surface area contributed by atoms with Gasteiger partial charge in [-0.1, -0.05) is 19.8 Å². The van der Waals surface area contributed by atoms with Crippen molar-refractivity contribution in [2.45, 2.75) is 59.0 Å². The molecule has 1 aliphatic rings. The highest BCUT2D eigenvalue weighted by Crippen LogP contribution is 2.43. The summed E-state index contributed by atoms with van der Waals surface area (Å²) in [5.74, 6) is 0.837. The van der Waals surface area contributed by atoms with E-state index in [0.717, 1.165) is 6.42 Å². The Morgan fingerprint density at radius 1 is 1.43 bits per heavy atom. The first kappa shape index (κ1) is 11.5. The van der Waals surface area contributed by atoms with Gasteiger partial charge in [0.1, 0.15) is 5.60 Å². The quantitative estimate of drug-likeness (QED) is 0.649. The van der Waals surface area contributed by atoms with Gasteiger partial charge in [0.2, 0.25) is 0 Å². The molecule has 1 saturated carbocycles. The Kier molecular flexibility index (Phi) is 3.57. The highest BCUT2D eigenvalue weighted by molar-refractivity contribution is 5.76. The number of ether oxygens (including phenoxy) is 1. The van der Waals surface area contributed by atoms with Gasteiger partial charge in [0, 0.05) is 0 Å². The summed E-state index contributed by atoms with van der Waals surface area (Å²) in [6.45, 7) is 7.96. The van der Waals surface area contributed by atoms with Crippen molar-refractivity contribution in [2.24, 2.45) is 11.8 Å². The Morgan fingerprint density at radius 3 is 2.57 bits per heavy atom. The minimum absolute atomic E-state index is 0.0126. The standard InChI is InChI=1S/C12H22O2/c1-5-6-7-9-8-10(9)11(13)14-12(2,3)4/h9-10H,5-8H2,1-4H3/t9-,10-/m1/s1. The van der Waals surface area contributed by atoms with Crippen molar-refractivity contribution in [1.29, 1.82) is 0 Å². The monoisotopic (exact) mass is 198 g/mol. The van der Waals surface area contributed by atoms with Crippen LogP contribution in [0.4, 0.5) is 0 Å². The maximum Gasteiger partial charge on any atom is 0.309 e. The minimum Gasteiger partial charge on any atom is -0.460 e. The molecule has 0 spiro atoms. The lowest BCUT2D eigenvalue weighted by atomic mass is 10.1. The third-order valence-corrected chi connectivity index (χ3v) is 2.56. The molecule has 0 aliphatic heterocycles. The largest absolute Gasteiger partial charge is 0.460 e. The highest BCUT2D eigenvalue weighted by Gasteiger charge is 2.44. The molecule has 82 valence electrons. The van der Waals surface area contributed by atoms with Gasteiger partial charge in [-0.15, -0.1) is 0 Å². The number of hydrogen-bond donors (Lipinski definition) is 0. The third kappa shape index (κ3) is 3.69. The van der Waals surface area contributed by atoms with E-state index in [-0.39, 0.29) is 17.5 Å². The van der Waals surface area contributed by atoms with E-state index in [1.807, 2.05) is 20.8 Å². The van der Waals surface area contributed by atoms with Crippen LogP contribution in [0.25, 0.3) is 0 Å². The van der Waals surface area contributed by atoms with Crippen LogP contribution in [0.5, 0.6) is 0 Å². The van der Waals surface area contributed by atoms with E-state index in [1.165, 1.54) is 19.3 Å². The number of esters is 1. The van der Waals surface area contributed by atoms with Crippen LogP contribution in [0.1, 0.15) is 53.4 Å². The van der Waals surface area contributed by atoms with E-state index < -0.39 is 0 Å². The number of unbranched alkanes of at least 4 members (excludes halogenated alkanes) is 1. The summed E-state index contributed by atoms with van der Waals surface area (Å²) in [6.07, 6.45) is 4.71. The molecule has 0 saturated heterocycles. The van der Waals surface area contributed by atoms with Crippen LogP contribution in [-0.2, 0) is 9.53 Å². The zero-order chi connectivity index (χ0) is 10.8. The normalized spacial score (nSPS) is 26.0. The maximum absolute atomic E-state index is 11.6. The summed E-state index contributed by atoms with van der Waals surface area (Å²) in [5, 5.41) is 0. The molecule has 2 atom stereocenters. The van der Waals surface area contributed by atoms with Gasteiger partial charge < -0.3 is 4.74 Å². The Labute approximate surface area is 87.0 Å². The lowest BCUT2D eigenvalue weighted by molar-refractivity contribution is -0.156. The second-order valence-corrected chi connectivity index (χ2v) is 5.28. The van der Waals surface area contributed by atoms with Crippen LogP contribution in [0, 0.1) is 11.8 Å². The van der Waals surface area contributed by atoms with E-state index in [2.05, 4.69) is 6.92 Å². The fraction of sp³-hybridized carbons (Fsp3) is 0.917. The Bertz CT molecular complexity index is 203. The maximum atomic E-state index is 11.6. The van der Waals surface area contributed by atoms with Gasteiger partial charge >= 0.3 is 5.97 Å². The van der Waals surface area contributed by atoms with Crippen LogP contribution in [0.3, 0.4) is 0 Å². The first-order valence-electron chi connectivity index (χ1n) is 5.67. The van der Waals surface area contributed by atoms with Gasteiger partial charge in [-0.3, -0.25) is 4.79 Å². The van der Waals surface area contributed by atoms with Gasteiger partial charge in [0.05, 0.1) is 5.92 Å². The molecule has 14 heavy (non-hydrogen) atoms. The SMILES string of the molecule is CCCC[C@@H]1C[C@H]1C(=O)OC(C)(C)C. The Balaban J connectivity index is 2.22. The van der Waals surface area contributed by atoms with E-state index in [4.69, 9.17) is 4.74 Å². The van der Waals surface area contributed by atoms with Crippen molar-refractivity contribution in [2.75, 3.05) is 0 Å². The molecule has 0 aromatic rings. The van der Waals surface area contributed by atoms with Crippen molar-refractivity contribution < 1.29 is 9.53 Å². The zero-order valence-electron chi connectivity index (χ0n) is 9.80. The summed E-state index contributed by atoms with van der Waals surface area (Å²) in [6, 6.07) is 0. The molecule has 1 fully saturated rings. The Hall–Kier alpha value is -0.530. The number of rotatable bonds is 4. The summed E-state index contributed by atoms with van der Waals surface area (Å²) < 4.78 is 5.33. The van der Waals surface area contributed by atoms with Crippen LogP contribution in [-0.4, -0.2) is 11.6 Å².